The van der Waals surface area contributed by atoms with Gasteiger partial charge in [-0.05, 0) is 31.0 Å². The molecule has 1 heterocycles. The second-order valence-corrected chi connectivity index (χ2v) is 4.76. The number of nitrogens with two attached hydrogens (primary N) is 1. The topological polar surface area (TPSA) is 90.7 Å². The normalized spacial score (nSPS) is 15.5. The Hall–Kier alpha value is -2.15. The van der Waals surface area contributed by atoms with Gasteiger partial charge in [-0.3, -0.25) is 4.79 Å². The second kappa shape index (κ2) is 7.03. The van der Waals surface area contributed by atoms with E-state index in [1.807, 2.05) is 0 Å². The summed E-state index contributed by atoms with van der Waals surface area (Å²) in [6.07, 6.45) is 1.48. The van der Waals surface area contributed by atoms with Gasteiger partial charge in [-0.15, -0.1) is 0 Å². The molecule has 1 aliphatic heterocycles. The minimum absolute atomic E-state index is 0.0233. The van der Waals surface area contributed by atoms with E-state index in [1.54, 1.807) is 0 Å². The first-order valence-corrected chi connectivity index (χ1v) is 6.65. The van der Waals surface area contributed by atoms with E-state index in [9.17, 15) is 14.0 Å². The Balaban J connectivity index is 1.81. The number of carbonyl (C=O) groups excluding carboxylic acids is 2. The summed E-state index contributed by atoms with van der Waals surface area (Å²) in [5.74, 6) is -1.67. The minimum atomic E-state index is -0.755. The van der Waals surface area contributed by atoms with Crippen molar-refractivity contribution in [3.8, 4) is 0 Å². The van der Waals surface area contributed by atoms with Gasteiger partial charge < -0.3 is 20.5 Å². The van der Waals surface area contributed by atoms with Gasteiger partial charge in [0.2, 0.25) is 0 Å². The van der Waals surface area contributed by atoms with Crippen LogP contribution < -0.4 is 11.1 Å². The van der Waals surface area contributed by atoms with Gasteiger partial charge in [-0.25, -0.2) is 9.18 Å². The Kier molecular flexibility index (Phi) is 5.10. The number of carbonyl (C=O) groups is 2. The van der Waals surface area contributed by atoms with Crippen molar-refractivity contribution in [1.82, 2.24) is 5.32 Å². The summed E-state index contributed by atoms with van der Waals surface area (Å²) in [5, 5.41) is 2.76. The molecule has 114 valence electrons. The lowest BCUT2D eigenvalue weighted by atomic mass is 10.1. The van der Waals surface area contributed by atoms with Crippen molar-refractivity contribution >= 4 is 17.6 Å². The highest BCUT2D eigenvalue weighted by atomic mass is 19.1. The number of hydrogen-bond donors (Lipinski definition) is 2. The number of benzene rings is 1. The van der Waals surface area contributed by atoms with Crippen LogP contribution in [-0.2, 0) is 14.3 Å². The zero-order chi connectivity index (χ0) is 15.2. The first kappa shape index (κ1) is 15.2. The van der Waals surface area contributed by atoms with Crippen molar-refractivity contribution in [1.29, 1.82) is 0 Å². The molecule has 21 heavy (non-hydrogen) atoms. The van der Waals surface area contributed by atoms with Crippen molar-refractivity contribution in [2.45, 2.75) is 18.9 Å². The highest BCUT2D eigenvalue weighted by Gasteiger charge is 2.18. The van der Waals surface area contributed by atoms with Crippen LogP contribution in [0.2, 0.25) is 0 Å². The van der Waals surface area contributed by atoms with Crippen molar-refractivity contribution in [3.63, 3.8) is 0 Å². The number of nitrogen functional groups attached to an aromatic ring is 1. The smallest absolute Gasteiger partial charge is 0.340 e. The van der Waals surface area contributed by atoms with Crippen LogP contribution in [-0.4, -0.2) is 37.7 Å². The molecule has 0 aliphatic carbocycles. The highest BCUT2D eigenvalue weighted by molar-refractivity contribution is 5.96. The fourth-order valence-corrected chi connectivity index (χ4v) is 2.04. The molecule has 1 aromatic rings. The van der Waals surface area contributed by atoms with E-state index < -0.39 is 18.4 Å². The van der Waals surface area contributed by atoms with E-state index in [0.717, 1.165) is 25.0 Å². The fourth-order valence-electron chi connectivity index (χ4n) is 2.04. The van der Waals surface area contributed by atoms with E-state index in [2.05, 4.69) is 5.32 Å². The zero-order valence-electron chi connectivity index (χ0n) is 11.4. The predicted octanol–water partition coefficient (Wildman–Crippen LogP) is 0.860. The molecule has 7 heteroatoms. The molecular formula is C14H17FN2O4. The molecule has 0 aromatic heterocycles. The summed E-state index contributed by atoms with van der Waals surface area (Å²) in [6, 6.07) is 3.40. The number of amides is 1. The number of halogens is 1. The number of esters is 1. The summed E-state index contributed by atoms with van der Waals surface area (Å²) in [6.45, 7) is 0.820. The summed E-state index contributed by atoms with van der Waals surface area (Å²) in [4.78, 5) is 23.4. The largest absolute Gasteiger partial charge is 0.452 e. The molecule has 0 radical (unpaired) electrons. The van der Waals surface area contributed by atoms with Gasteiger partial charge in [0.1, 0.15) is 5.82 Å². The zero-order valence-corrected chi connectivity index (χ0v) is 11.4. The van der Waals surface area contributed by atoms with E-state index in [0.29, 0.717) is 13.2 Å². The third-order valence-corrected chi connectivity index (χ3v) is 3.15. The SMILES string of the molecule is Nc1cc(F)ccc1C(=O)OCC(=O)NC1CCOCC1. The van der Waals surface area contributed by atoms with Gasteiger partial charge in [-0.1, -0.05) is 0 Å². The minimum Gasteiger partial charge on any atom is -0.452 e. The molecule has 0 spiro atoms. The Bertz CT molecular complexity index is 530. The molecular weight excluding hydrogens is 279 g/mol. The highest BCUT2D eigenvalue weighted by Crippen LogP contribution is 2.14. The average Bonchev–Trinajstić information content (AvgIpc) is 2.46. The second-order valence-electron chi connectivity index (χ2n) is 4.76. The van der Waals surface area contributed by atoms with Crippen LogP contribution in [0.15, 0.2) is 18.2 Å². The Morgan fingerprint density at radius 1 is 1.38 bits per heavy atom. The summed E-state index contributed by atoms with van der Waals surface area (Å²) in [7, 11) is 0. The van der Waals surface area contributed by atoms with Crippen LogP contribution >= 0.6 is 0 Å². The van der Waals surface area contributed by atoms with Crippen molar-refractivity contribution in [2.24, 2.45) is 0 Å². The lowest BCUT2D eigenvalue weighted by Gasteiger charge is -2.22. The Morgan fingerprint density at radius 3 is 2.76 bits per heavy atom. The van der Waals surface area contributed by atoms with E-state index in [1.165, 1.54) is 6.07 Å². The fraction of sp³-hybridized carbons (Fsp3) is 0.429. The van der Waals surface area contributed by atoms with Gasteiger partial charge in [0.15, 0.2) is 6.61 Å². The van der Waals surface area contributed by atoms with Gasteiger partial charge in [0, 0.05) is 24.9 Å². The van der Waals surface area contributed by atoms with Gasteiger partial charge in [0.05, 0.1) is 5.56 Å². The van der Waals surface area contributed by atoms with E-state index in [4.69, 9.17) is 15.2 Å². The third kappa shape index (κ3) is 4.42. The molecule has 1 amide bonds. The number of ether oxygens (including phenoxy) is 2. The number of hydrogen-bond acceptors (Lipinski definition) is 5. The number of anilines is 1. The van der Waals surface area contributed by atoms with E-state index in [-0.39, 0.29) is 23.2 Å². The first-order chi connectivity index (χ1) is 10.1. The monoisotopic (exact) mass is 296 g/mol. The van der Waals surface area contributed by atoms with Crippen LogP contribution in [0.1, 0.15) is 23.2 Å². The van der Waals surface area contributed by atoms with Gasteiger partial charge in [-0.2, -0.15) is 0 Å². The van der Waals surface area contributed by atoms with Crippen LogP contribution in [0.5, 0.6) is 0 Å². The Labute approximate surface area is 121 Å². The van der Waals surface area contributed by atoms with Crippen molar-refractivity contribution < 1.29 is 23.5 Å². The van der Waals surface area contributed by atoms with Crippen LogP contribution in [0.4, 0.5) is 10.1 Å². The summed E-state index contributed by atoms with van der Waals surface area (Å²) < 4.78 is 22.9. The van der Waals surface area contributed by atoms with E-state index >= 15 is 0 Å². The standard InChI is InChI=1S/C14H17FN2O4/c15-9-1-2-11(12(16)7-9)14(19)21-8-13(18)17-10-3-5-20-6-4-10/h1-2,7,10H,3-6,8,16H2,(H,17,18). The maximum Gasteiger partial charge on any atom is 0.340 e. The molecule has 1 saturated heterocycles. The molecule has 0 bridgehead atoms. The third-order valence-electron chi connectivity index (χ3n) is 3.15. The first-order valence-electron chi connectivity index (χ1n) is 6.65. The maximum atomic E-state index is 12.9. The molecule has 1 fully saturated rings. The Morgan fingerprint density at radius 2 is 2.10 bits per heavy atom. The molecule has 1 aromatic carbocycles. The molecule has 2 rings (SSSR count). The molecule has 0 unspecified atom stereocenters. The average molecular weight is 296 g/mol. The molecule has 3 N–H and O–H groups in total. The predicted molar refractivity (Wildman–Crippen MR) is 73.1 cm³/mol. The molecule has 0 saturated carbocycles. The molecule has 0 atom stereocenters. The number of rotatable bonds is 4. The lowest BCUT2D eigenvalue weighted by molar-refractivity contribution is -0.125. The van der Waals surface area contributed by atoms with Crippen LogP contribution in [0.25, 0.3) is 0 Å². The number of nitrogens with one attached hydrogen (secondary N) is 1. The summed E-state index contributed by atoms with van der Waals surface area (Å²) in [5.41, 5.74) is 5.54. The van der Waals surface area contributed by atoms with Crippen LogP contribution in [0, 0.1) is 5.82 Å². The quantitative estimate of drug-likeness (QED) is 0.635. The molecule has 6 nitrogen and oxygen atoms in total. The van der Waals surface area contributed by atoms with Crippen LogP contribution in [0.3, 0.4) is 0 Å². The van der Waals surface area contributed by atoms with Gasteiger partial charge in [0.25, 0.3) is 5.91 Å². The molecule has 1 aliphatic rings. The van der Waals surface area contributed by atoms with Crippen molar-refractivity contribution in [3.05, 3.63) is 29.6 Å². The maximum absolute atomic E-state index is 12.9. The van der Waals surface area contributed by atoms with Crippen molar-refractivity contribution in [2.75, 3.05) is 25.6 Å². The lowest BCUT2D eigenvalue weighted by Crippen LogP contribution is -2.41. The van der Waals surface area contributed by atoms with Gasteiger partial charge >= 0.3 is 5.97 Å². The summed E-state index contributed by atoms with van der Waals surface area (Å²) >= 11 is 0.